The fourth-order valence-electron chi connectivity index (χ4n) is 4.13. The van der Waals surface area contributed by atoms with E-state index in [2.05, 4.69) is 91.7 Å². The molecule has 0 atom stereocenters. The van der Waals surface area contributed by atoms with Crippen LogP contribution in [-0.4, -0.2) is 99.7 Å². The van der Waals surface area contributed by atoms with Crippen LogP contribution in [0.1, 0.15) is 12.8 Å². The molecule has 0 rings (SSSR count). The molecule has 0 aliphatic carbocycles. The summed E-state index contributed by atoms with van der Waals surface area (Å²) in [5, 5.41) is 0. The van der Waals surface area contributed by atoms with E-state index in [1.165, 1.54) is 12.2 Å². The van der Waals surface area contributed by atoms with Crippen molar-refractivity contribution >= 4 is 62.7 Å². The van der Waals surface area contributed by atoms with E-state index >= 15 is 0 Å². The molecule has 15 heteroatoms. The van der Waals surface area contributed by atoms with Gasteiger partial charge in [-0.05, 0) is 104 Å². The molecule has 0 spiro atoms. The molecule has 0 aliphatic heterocycles. The number of carbonyl (C=O) groups excluding carboxylic acids is 2. The number of carbonyl (C=O) groups is 2. The summed E-state index contributed by atoms with van der Waals surface area (Å²) in [4.78, 5) is 27.7. The molecule has 0 aromatic rings. The maximum atomic E-state index is 12.2. The number of hydrogen-bond acceptors (Lipinski definition) is 7. The fourth-order valence-corrected chi connectivity index (χ4v) is 27.8. The highest BCUT2D eigenvalue weighted by atomic mass is 28.5. The van der Waals surface area contributed by atoms with E-state index in [-0.39, 0.29) is 11.8 Å². The summed E-state index contributed by atoms with van der Waals surface area (Å²) in [7, 11) is -12.0. The van der Waals surface area contributed by atoms with Crippen LogP contribution in [0.15, 0.2) is 25.3 Å². The summed E-state index contributed by atoms with van der Waals surface area (Å²) >= 11 is 0. The minimum absolute atomic E-state index is 0.124. The molecule has 0 radical (unpaired) electrons. The van der Waals surface area contributed by atoms with Gasteiger partial charge in [0.15, 0.2) is 33.3 Å². The van der Waals surface area contributed by atoms with Crippen molar-refractivity contribution in [3.63, 3.8) is 0 Å². The van der Waals surface area contributed by atoms with Gasteiger partial charge < -0.3 is 30.4 Å². The third kappa shape index (κ3) is 18.0. The molecular weight excluding hydrogens is 621 g/mol. The van der Waals surface area contributed by atoms with Gasteiger partial charge >= 0.3 is 17.6 Å². The molecule has 2 amide bonds. The van der Waals surface area contributed by atoms with Crippen molar-refractivity contribution in [2.75, 3.05) is 27.2 Å². The molecule has 0 heterocycles. The summed E-state index contributed by atoms with van der Waals surface area (Å²) in [6, 6.07) is 1.09. The first-order chi connectivity index (χ1) is 18.3. The van der Waals surface area contributed by atoms with E-state index in [1.807, 2.05) is 0 Å². The fraction of sp³-hybridized carbons (Fsp3) is 0.769. The van der Waals surface area contributed by atoms with Crippen molar-refractivity contribution in [3.05, 3.63) is 25.3 Å². The first kappa shape index (κ1) is 40.5. The Kier molecular flexibility index (Phi) is 15.8. The zero-order chi connectivity index (χ0) is 32.5. The smallest absolute Gasteiger partial charge is 0.417 e. The highest BCUT2D eigenvalue weighted by Crippen LogP contribution is 2.35. The third-order valence-electron chi connectivity index (χ3n) is 5.21. The average Bonchev–Trinajstić information content (AvgIpc) is 2.72. The molecular formula is C26H60N2O7Si6. The van der Waals surface area contributed by atoms with Crippen molar-refractivity contribution in [1.82, 2.24) is 9.80 Å². The minimum atomic E-state index is -3.40. The lowest BCUT2D eigenvalue weighted by atomic mass is 10.4. The number of rotatable bonds is 20. The van der Waals surface area contributed by atoms with Gasteiger partial charge in [0.05, 0.1) is 0 Å². The summed E-state index contributed by atoms with van der Waals surface area (Å²) in [5.74, 6) is -0.247. The van der Waals surface area contributed by atoms with Gasteiger partial charge in [0.1, 0.15) is 0 Å². The zero-order valence-electron chi connectivity index (χ0n) is 28.6. The van der Waals surface area contributed by atoms with Gasteiger partial charge in [-0.25, -0.2) is 0 Å². The maximum absolute atomic E-state index is 12.2. The van der Waals surface area contributed by atoms with Crippen LogP contribution in [0.4, 0.5) is 0 Å². The summed E-state index contributed by atoms with van der Waals surface area (Å²) in [6.07, 6.45) is 3.96. The van der Waals surface area contributed by atoms with Crippen molar-refractivity contribution in [2.24, 2.45) is 0 Å². The molecule has 0 N–H and O–H groups in total. The van der Waals surface area contributed by atoms with Crippen LogP contribution in [0.2, 0.25) is 90.7 Å². The van der Waals surface area contributed by atoms with Gasteiger partial charge in [0.2, 0.25) is 11.8 Å². The predicted molar refractivity (Wildman–Crippen MR) is 185 cm³/mol. The van der Waals surface area contributed by atoms with E-state index in [0.717, 1.165) is 0 Å². The lowest BCUT2D eigenvalue weighted by Crippen LogP contribution is -2.67. The lowest BCUT2D eigenvalue weighted by Gasteiger charge is -2.47. The number of nitrogens with zero attached hydrogens (tertiary/aromatic N) is 2. The molecule has 0 aromatic heterocycles. The first-order valence-corrected chi connectivity index (χ1v) is 32.0. The Balaban J connectivity index is 6.89. The summed E-state index contributed by atoms with van der Waals surface area (Å²) in [5.41, 5.74) is 0. The zero-order valence-corrected chi connectivity index (χ0v) is 34.6. The SMILES string of the molecule is C=CC(=O)N(C)CCC[Si](O[Si](C)(C)C)(O[Si](C)(C)C)O[Si](CCCN(C)C(=O)C=C)(O[Si](C)(C)C)O[Si](C)(C)C. The number of hydrogen-bond donors (Lipinski definition) is 0. The van der Waals surface area contributed by atoms with Crippen LogP contribution in [0, 0.1) is 0 Å². The molecule has 0 saturated carbocycles. The Hall–Kier alpha value is -0.479. The van der Waals surface area contributed by atoms with Crippen LogP contribution in [-0.2, 0) is 30.2 Å². The normalized spacial score (nSPS) is 13.6. The first-order valence-electron chi connectivity index (χ1n) is 14.5. The van der Waals surface area contributed by atoms with Crippen LogP contribution >= 0.6 is 0 Å². The topological polar surface area (TPSA) is 86.8 Å². The van der Waals surface area contributed by atoms with E-state index in [1.54, 1.807) is 23.9 Å². The largest absolute Gasteiger partial charge is 0.472 e. The molecule has 9 nitrogen and oxygen atoms in total. The quantitative estimate of drug-likeness (QED) is 0.109. The van der Waals surface area contributed by atoms with Gasteiger partial charge in [-0.3, -0.25) is 9.59 Å². The highest BCUT2D eigenvalue weighted by Gasteiger charge is 2.58. The van der Waals surface area contributed by atoms with Crippen molar-refractivity contribution in [1.29, 1.82) is 0 Å². The third-order valence-corrected chi connectivity index (χ3v) is 24.4. The van der Waals surface area contributed by atoms with Crippen LogP contribution in [0.3, 0.4) is 0 Å². The summed E-state index contributed by atoms with van der Waals surface area (Å²) < 4.78 is 35.4. The monoisotopic (exact) mass is 680 g/mol. The van der Waals surface area contributed by atoms with Crippen molar-refractivity contribution in [2.45, 2.75) is 103 Å². The Bertz CT molecular complexity index is 778. The molecule has 0 fully saturated rings. The molecule has 41 heavy (non-hydrogen) atoms. The van der Waals surface area contributed by atoms with E-state index < -0.39 is 50.9 Å². The standard InChI is InChI=1S/C26H60N2O7Si6/c1-17-25(29)27(3)21-19-23-40(31-36(5,6)7,32-37(8,9)10)35-41(33-38(11,12)13,34-39(14,15)16)24-20-22-28(4)26(30)18-2/h17-18H,1-2,19-24H2,3-16H3. The Morgan fingerprint density at radius 3 is 0.976 bits per heavy atom. The second-order valence-electron chi connectivity index (χ2n) is 14.5. The van der Waals surface area contributed by atoms with Crippen LogP contribution < -0.4 is 0 Å². The van der Waals surface area contributed by atoms with Crippen LogP contribution in [0.5, 0.6) is 0 Å². The van der Waals surface area contributed by atoms with E-state index in [4.69, 9.17) is 20.6 Å². The predicted octanol–water partition coefficient (Wildman–Crippen LogP) is 6.36. The molecule has 0 bridgehead atoms. The second kappa shape index (κ2) is 16.0. The number of likely N-dealkylation sites (N-methyl/N-ethyl adjacent to an activating group) is 2. The van der Waals surface area contributed by atoms with Crippen molar-refractivity contribution < 1.29 is 30.2 Å². The molecule has 0 saturated heterocycles. The highest BCUT2D eigenvalue weighted by molar-refractivity contribution is 6.92. The molecule has 240 valence electrons. The van der Waals surface area contributed by atoms with E-state index in [9.17, 15) is 9.59 Å². The molecule has 0 aliphatic rings. The minimum Gasteiger partial charge on any atom is -0.417 e. The second-order valence-corrected chi connectivity index (χ2v) is 39.2. The summed E-state index contributed by atoms with van der Waals surface area (Å²) in [6.45, 7) is 34.1. The van der Waals surface area contributed by atoms with Gasteiger partial charge in [-0.2, -0.15) is 0 Å². The van der Waals surface area contributed by atoms with E-state index in [0.29, 0.717) is 38.0 Å². The van der Waals surface area contributed by atoms with Crippen molar-refractivity contribution in [3.8, 4) is 0 Å². The lowest BCUT2D eigenvalue weighted by molar-refractivity contribution is -0.125. The van der Waals surface area contributed by atoms with Gasteiger partial charge in [-0.1, -0.05) is 13.2 Å². The van der Waals surface area contributed by atoms with Gasteiger partial charge in [0, 0.05) is 39.3 Å². The Labute approximate surface area is 257 Å². The van der Waals surface area contributed by atoms with Gasteiger partial charge in [0.25, 0.3) is 0 Å². The number of amides is 2. The van der Waals surface area contributed by atoms with Gasteiger partial charge in [-0.15, -0.1) is 0 Å². The average molecular weight is 681 g/mol. The molecule has 0 aromatic carbocycles. The molecule has 0 unspecified atom stereocenters. The Morgan fingerprint density at radius 1 is 0.537 bits per heavy atom. The maximum Gasteiger partial charge on any atom is 0.472 e. The Morgan fingerprint density at radius 2 is 0.780 bits per heavy atom. The van der Waals surface area contributed by atoms with Crippen LogP contribution in [0.25, 0.3) is 0 Å².